The number of amides is 1. The van der Waals surface area contributed by atoms with Crippen LogP contribution in [0.15, 0.2) is 24.3 Å². The number of nitrogens with one attached hydrogen (secondary N) is 2. The summed E-state index contributed by atoms with van der Waals surface area (Å²) in [5, 5.41) is 19.4. The van der Waals surface area contributed by atoms with Gasteiger partial charge in [0.05, 0.1) is 18.2 Å². The number of hydrogen-bond donors (Lipinski definition) is 3. The van der Waals surface area contributed by atoms with Crippen molar-refractivity contribution in [2.75, 3.05) is 0 Å². The Hall–Kier alpha value is -2.30. The molecule has 0 saturated heterocycles. The lowest BCUT2D eigenvalue weighted by atomic mass is 10.1. The Bertz CT molecular complexity index is 600. The van der Waals surface area contributed by atoms with Crippen LogP contribution in [0.1, 0.15) is 35.5 Å². The molecule has 0 aliphatic heterocycles. The van der Waals surface area contributed by atoms with Gasteiger partial charge in [-0.15, -0.1) is 0 Å². The predicted octanol–water partition coefficient (Wildman–Crippen LogP) is 2.15. The fourth-order valence-corrected chi connectivity index (χ4v) is 2.41. The topological polar surface area (TPSA) is 78.0 Å². The minimum absolute atomic E-state index is 0.0805. The minimum atomic E-state index is -0.0986. The molecule has 0 fully saturated rings. The maximum absolute atomic E-state index is 12.0. The van der Waals surface area contributed by atoms with Gasteiger partial charge in [-0.05, 0) is 38.5 Å². The van der Waals surface area contributed by atoms with Crippen LogP contribution >= 0.6 is 0 Å². The summed E-state index contributed by atoms with van der Waals surface area (Å²) in [6, 6.07) is 6.63. The number of benzene rings is 1. The number of carbonyl (C=O) groups excluding carboxylic acids is 1. The molecule has 1 atom stereocenters. The van der Waals surface area contributed by atoms with Gasteiger partial charge in [0.1, 0.15) is 5.75 Å². The highest BCUT2D eigenvalue weighted by Gasteiger charge is 2.16. The molecule has 0 aliphatic rings. The van der Waals surface area contributed by atoms with Crippen LogP contribution in [0.4, 0.5) is 0 Å². The van der Waals surface area contributed by atoms with Gasteiger partial charge in [-0.1, -0.05) is 12.1 Å². The average Bonchev–Trinajstić information content (AvgIpc) is 2.68. The first-order valence-corrected chi connectivity index (χ1v) is 6.56. The van der Waals surface area contributed by atoms with Gasteiger partial charge in [0.25, 0.3) is 0 Å². The van der Waals surface area contributed by atoms with Gasteiger partial charge in [0, 0.05) is 11.3 Å². The average molecular weight is 273 g/mol. The molecule has 1 aromatic heterocycles. The molecular weight excluding hydrogens is 254 g/mol. The van der Waals surface area contributed by atoms with Crippen LogP contribution in [-0.4, -0.2) is 21.2 Å². The summed E-state index contributed by atoms with van der Waals surface area (Å²) in [4.78, 5) is 12.0. The Morgan fingerprint density at radius 1 is 1.45 bits per heavy atom. The summed E-state index contributed by atoms with van der Waals surface area (Å²) in [5.41, 5.74) is 3.67. The lowest BCUT2D eigenvalue weighted by Crippen LogP contribution is -2.28. The van der Waals surface area contributed by atoms with E-state index in [1.165, 1.54) is 0 Å². The monoisotopic (exact) mass is 273 g/mol. The normalized spacial score (nSPS) is 12.2. The molecule has 0 spiro atoms. The molecule has 0 aliphatic carbocycles. The lowest BCUT2D eigenvalue weighted by Gasteiger charge is -2.14. The summed E-state index contributed by atoms with van der Waals surface area (Å²) in [6.07, 6.45) is 0.245. The van der Waals surface area contributed by atoms with E-state index in [9.17, 15) is 9.90 Å². The first-order valence-electron chi connectivity index (χ1n) is 6.56. The van der Waals surface area contributed by atoms with E-state index >= 15 is 0 Å². The third kappa shape index (κ3) is 3.17. The highest BCUT2D eigenvalue weighted by atomic mass is 16.3. The molecule has 2 rings (SSSR count). The molecule has 1 amide bonds. The summed E-state index contributed by atoms with van der Waals surface area (Å²) in [6.45, 7) is 5.79. The van der Waals surface area contributed by atoms with Crippen molar-refractivity contribution < 1.29 is 9.90 Å². The van der Waals surface area contributed by atoms with Crippen molar-refractivity contribution in [2.24, 2.45) is 0 Å². The van der Waals surface area contributed by atoms with Crippen LogP contribution < -0.4 is 5.32 Å². The molecule has 0 bridgehead atoms. The number of aromatic nitrogens is 2. The molecule has 20 heavy (non-hydrogen) atoms. The van der Waals surface area contributed by atoms with Crippen LogP contribution in [0.5, 0.6) is 5.75 Å². The maximum atomic E-state index is 12.0. The molecule has 1 unspecified atom stereocenters. The number of aryl methyl sites for hydroxylation is 2. The van der Waals surface area contributed by atoms with Crippen molar-refractivity contribution in [1.29, 1.82) is 0 Å². The fraction of sp³-hybridized carbons (Fsp3) is 0.333. The van der Waals surface area contributed by atoms with Crippen molar-refractivity contribution in [3.05, 3.63) is 46.8 Å². The molecule has 106 valence electrons. The highest BCUT2D eigenvalue weighted by molar-refractivity contribution is 5.79. The SMILES string of the molecule is Cc1n[nH]c(C)c1C(C)NC(=O)Cc1cccc(O)c1. The van der Waals surface area contributed by atoms with Crippen LogP contribution in [0, 0.1) is 13.8 Å². The zero-order valence-electron chi connectivity index (χ0n) is 11.9. The second kappa shape index (κ2) is 5.77. The Labute approximate surface area is 118 Å². The number of rotatable bonds is 4. The van der Waals surface area contributed by atoms with Crippen LogP contribution in [0.25, 0.3) is 0 Å². The second-order valence-electron chi connectivity index (χ2n) is 4.98. The van der Waals surface area contributed by atoms with Gasteiger partial charge in [-0.3, -0.25) is 9.89 Å². The lowest BCUT2D eigenvalue weighted by molar-refractivity contribution is -0.121. The third-order valence-electron chi connectivity index (χ3n) is 3.27. The Morgan fingerprint density at radius 3 is 2.80 bits per heavy atom. The quantitative estimate of drug-likeness (QED) is 0.798. The Balaban J connectivity index is 2.01. The highest BCUT2D eigenvalue weighted by Crippen LogP contribution is 2.19. The second-order valence-corrected chi connectivity index (χ2v) is 4.98. The number of aromatic amines is 1. The fourth-order valence-electron chi connectivity index (χ4n) is 2.41. The Morgan fingerprint density at radius 2 is 2.20 bits per heavy atom. The standard InChI is InChI=1S/C15H19N3O2/c1-9(15-10(2)17-18-11(15)3)16-14(20)8-12-5-4-6-13(19)7-12/h4-7,9,19H,8H2,1-3H3,(H,16,20)(H,17,18). The summed E-state index contributed by atoms with van der Waals surface area (Å²) in [5.74, 6) is 0.0907. The van der Waals surface area contributed by atoms with E-state index in [2.05, 4.69) is 15.5 Å². The van der Waals surface area contributed by atoms with Crippen molar-refractivity contribution in [1.82, 2.24) is 15.5 Å². The zero-order valence-corrected chi connectivity index (χ0v) is 11.9. The number of phenols is 1. The number of H-pyrrole nitrogens is 1. The van der Waals surface area contributed by atoms with Crippen molar-refractivity contribution in [2.45, 2.75) is 33.2 Å². The molecular formula is C15H19N3O2. The number of aromatic hydroxyl groups is 1. The van der Waals surface area contributed by atoms with Gasteiger partial charge >= 0.3 is 0 Å². The first-order chi connectivity index (χ1) is 9.47. The van der Waals surface area contributed by atoms with Gasteiger partial charge in [-0.2, -0.15) is 5.10 Å². The third-order valence-corrected chi connectivity index (χ3v) is 3.27. The number of phenolic OH excluding ortho intramolecular Hbond substituents is 1. The van der Waals surface area contributed by atoms with E-state index in [4.69, 9.17) is 0 Å². The van der Waals surface area contributed by atoms with E-state index in [1.807, 2.05) is 26.8 Å². The molecule has 5 nitrogen and oxygen atoms in total. The van der Waals surface area contributed by atoms with Crippen molar-refractivity contribution in [3.63, 3.8) is 0 Å². The van der Waals surface area contributed by atoms with Gasteiger partial charge < -0.3 is 10.4 Å². The number of hydrogen-bond acceptors (Lipinski definition) is 3. The van der Waals surface area contributed by atoms with E-state index in [0.717, 1.165) is 22.5 Å². The molecule has 0 saturated carbocycles. The molecule has 1 heterocycles. The largest absolute Gasteiger partial charge is 0.508 e. The summed E-state index contributed by atoms with van der Waals surface area (Å²) in [7, 11) is 0. The molecule has 0 radical (unpaired) electrons. The summed E-state index contributed by atoms with van der Waals surface area (Å²) >= 11 is 0. The van der Waals surface area contributed by atoms with Gasteiger partial charge in [-0.25, -0.2) is 0 Å². The Kier molecular flexibility index (Phi) is 4.08. The molecule has 3 N–H and O–H groups in total. The first kappa shape index (κ1) is 14.1. The van der Waals surface area contributed by atoms with E-state index < -0.39 is 0 Å². The molecule has 5 heteroatoms. The van der Waals surface area contributed by atoms with Crippen molar-refractivity contribution in [3.8, 4) is 5.75 Å². The van der Waals surface area contributed by atoms with E-state index in [-0.39, 0.29) is 24.1 Å². The minimum Gasteiger partial charge on any atom is -0.508 e. The zero-order chi connectivity index (χ0) is 14.7. The maximum Gasteiger partial charge on any atom is 0.224 e. The smallest absolute Gasteiger partial charge is 0.224 e. The van der Waals surface area contributed by atoms with Gasteiger partial charge in [0.15, 0.2) is 0 Å². The predicted molar refractivity (Wildman–Crippen MR) is 76.4 cm³/mol. The number of nitrogens with zero attached hydrogens (tertiary/aromatic N) is 1. The van der Waals surface area contributed by atoms with E-state index in [1.54, 1.807) is 18.2 Å². The number of carbonyl (C=O) groups is 1. The molecule has 2 aromatic rings. The van der Waals surface area contributed by atoms with Gasteiger partial charge in [0.2, 0.25) is 5.91 Å². The van der Waals surface area contributed by atoms with E-state index in [0.29, 0.717) is 0 Å². The molecule has 1 aromatic carbocycles. The van der Waals surface area contributed by atoms with Crippen molar-refractivity contribution >= 4 is 5.91 Å². The summed E-state index contributed by atoms with van der Waals surface area (Å²) < 4.78 is 0. The van der Waals surface area contributed by atoms with Crippen LogP contribution in [-0.2, 0) is 11.2 Å². The van der Waals surface area contributed by atoms with Crippen LogP contribution in [0.2, 0.25) is 0 Å². The van der Waals surface area contributed by atoms with Crippen LogP contribution in [0.3, 0.4) is 0 Å².